The van der Waals surface area contributed by atoms with Gasteiger partial charge in [0.1, 0.15) is 5.58 Å². The van der Waals surface area contributed by atoms with Gasteiger partial charge in [0, 0.05) is 29.3 Å². The summed E-state index contributed by atoms with van der Waals surface area (Å²) in [6.45, 7) is 3.01. The molecule has 0 saturated heterocycles. The molecule has 0 aliphatic rings. The Morgan fingerprint density at radius 3 is 2.65 bits per heavy atom. The summed E-state index contributed by atoms with van der Waals surface area (Å²) in [5.74, 6) is 0.150. The first-order chi connectivity index (χ1) is 12.7. The number of nitrogens with zero attached hydrogens (tertiary/aromatic N) is 2. The summed E-state index contributed by atoms with van der Waals surface area (Å²) in [5.41, 5.74) is 3.72. The average molecular weight is 345 g/mol. The fourth-order valence-electron chi connectivity index (χ4n) is 3.01. The molecule has 0 aliphatic carbocycles. The summed E-state index contributed by atoms with van der Waals surface area (Å²) in [4.78, 5) is 12.5. The van der Waals surface area contributed by atoms with Crippen molar-refractivity contribution in [1.29, 1.82) is 0 Å². The molecule has 0 unspecified atom stereocenters. The quantitative estimate of drug-likeness (QED) is 0.596. The third-order valence-corrected chi connectivity index (χ3v) is 4.38. The molecule has 0 radical (unpaired) electrons. The van der Waals surface area contributed by atoms with E-state index in [2.05, 4.69) is 22.5 Å². The molecule has 0 spiro atoms. The molecule has 0 saturated carbocycles. The molecule has 26 heavy (non-hydrogen) atoms. The molecule has 0 bridgehead atoms. The van der Waals surface area contributed by atoms with E-state index >= 15 is 0 Å². The summed E-state index contributed by atoms with van der Waals surface area (Å²) in [6, 6.07) is 17.8. The van der Waals surface area contributed by atoms with Crippen molar-refractivity contribution >= 4 is 16.9 Å². The molecule has 5 heteroatoms. The number of rotatable bonds is 5. The van der Waals surface area contributed by atoms with Gasteiger partial charge < -0.3 is 9.73 Å². The SMILES string of the molecule is Cc1c(C(=O)NCc2cnn(Cc3ccccc3)c2)oc2ccccc12. The highest BCUT2D eigenvalue weighted by atomic mass is 16.3. The van der Waals surface area contributed by atoms with Crippen LogP contribution in [0.1, 0.15) is 27.2 Å². The number of carbonyl (C=O) groups is 1. The Morgan fingerprint density at radius 1 is 1.08 bits per heavy atom. The second-order valence-corrected chi connectivity index (χ2v) is 6.27. The van der Waals surface area contributed by atoms with E-state index in [1.54, 1.807) is 6.20 Å². The number of benzene rings is 2. The van der Waals surface area contributed by atoms with Gasteiger partial charge in [0.2, 0.25) is 0 Å². The predicted octanol–water partition coefficient (Wildman–Crippen LogP) is 3.92. The van der Waals surface area contributed by atoms with Crippen molar-refractivity contribution in [3.8, 4) is 0 Å². The number of hydrogen-bond acceptors (Lipinski definition) is 3. The highest BCUT2D eigenvalue weighted by molar-refractivity contribution is 5.98. The Kier molecular flexibility index (Phi) is 4.27. The first-order valence-electron chi connectivity index (χ1n) is 8.52. The Labute approximate surface area is 151 Å². The predicted molar refractivity (Wildman–Crippen MR) is 99.9 cm³/mol. The second-order valence-electron chi connectivity index (χ2n) is 6.27. The van der Waals surface area contributed by atoms with Crippen LogP contribution in [-0.2, 0) is 13.1 Å². The number of para-hydroxylation sites is 1. The van der Waals surface area contributed by atoms with Crippen LogP contribution >= 0.6 is 0 Å². The first kappa shape index (κ1) is 16.1. The van der Waals surface area contributed by atoms with Gasteiger partial charge >= 0.3 is 0 Å². The van der Waals surface area contributed by atoms with Crippen LogP contribution in [-0.4, -0.2) is 15.7 Å². The molecule has 4 rings (SSSR count). The Balaban J connectivity index is 1.42. The maximum Gasteiger partial charge on any atom is 0.287 e. The number of nitrogens with one attached hydrogen (secondary N) is 1. The van der Waals surface area contributed by atoms with Crippen LogP contribution in [0.3, 0.4) is 0 Å². The standard InChI is InChI=1S/C21H19N3O2/c1-15-18-9-5-6-10-19(18)26-20(15)21(25)22-11-17-12-23-24(14-17)13-16-7-3-2-4-8-16/h2-10,12,14H,11,13H2,1H3,(H,22,25). The summed E-state index contributed by atoms with van der Waals surface area (Å²) < 4.78 is 7.56. The summed E-state index contributed by atoms with van der Waals surface area (Å²) in [7, 11) is 0. The van der Waals surface area contributed by atoms with E-state index in [1.807, 2.05) is 60.3 Å². The monoisotopic (exact) mass is 345 g/mol. The van der Waals surface area contributed by atoms with E-state index in [0.717, 1.165) is 22.1 Å². The molecule has 0 aliphatic heterocycles. The van der Waals surface area contributed by atoms with E-state index in [1.165, 1.54) is 5.56 Å². The van der Waals surface area contributed by atoms with E-state index < -0.39 is 0 Å². The minimum atomic E-state index is -0.213. The lowest BCUT2D eigenvalue weighted by atomic mass is 10.1. The second kappa shape index (κ2) is 6.88. The van der Waals surface area contributed by atoms with Gasteiger partial charge in [-0.1, -0.05) is 48.5 Å². The van der Waals surface area contributed by atoms with Gasteiger partial charge in [0.25, 0.3) is 5.91 Å². The molecule has 2 aromatic carbocycles. The highest BCUT2D eigenvalue weighted by Crippen LogP contribution is 2.24. The van der Waals surface area contributed by atoms with Crippen molar-refractivity contribution in [2.24, 2.45) is 0 Å². The molecule has 2 aromatic heterocycles. The average Bonchev–Trinajstić information content (AvgIpc) is 3.25. The minimum Gasteiger partial charge on any atom is -0.451 e. The number of fused-ring (bicyclic) bond motifs is 1. The van der Waals surface area contributed by atoms with E-state index in [4.69, 9.17) is 4.42 Å². The molecule has 130 valence electrons. The van der Waals surface area contributed by atoms with Gasteiger partial charge in [-0.05, 0) is 18.6 Å². The van der Waals surface area contributed by atoms with Crippen LogP contribution < -0.4 is 5.32 Å². The zero-order valence-electron chi connectivity index (χ0n) is 14.5. The van der Waals surface area contributed by atoms with Crippen molar-refractivity contribution in [2.45, 2.75) is 20.0 Å². The molecular weight excluding hydrogens is 326 g/mol. The lowest BCUT2D eigenvalue weighted by Crippen LogP contribution is -2.22. The molecule has 1 N–H and O–H groups in total. The van der Waals surface area contributed by atoms with Crippen LogP contribution in [0.15, 0.2) is 71.4 Å². The number of aromatic nitrogens is 2. The maximum atomic E-state index is 12.5. The van der Waals surface area contributed by atoms with Crippen LogP contribution in [0, 0.1) is 6.92 Å². The summed E-state index contributed by atoms with van der Waals surface area (Å²) in [5, 5.41) is 8.23. The van der Waals surface area contributed by atoms with Gasteiger partial charge in [-0.25, -0.2) is 0 Å². The van der Waals surface area contributed by atoms with Crippen molar-refractivity contribution in [1.82, 2.24) is 15.1 Å². The van der Waals surface area contributed by atoms with Gasteiger partial charge in [-0.2, -0.15) is 5.10 Å². The van der Waals surface area contributed by atoms with E-state index in [0.29, 0.717) is 18.8 Å². The fraction of sp³-hybridized carbons (Fsp3) is 0.143. The topological polar surface area (TPSA) is 60.1 Å². The van der Waals surface area contributed by atoms with Gasteiger partial charge in [-0.15, -0.1) is 0 Å². The smallest absolute Gasteiger partial charge is 0.287 e. The fourth-order valence-corrected chi connectivity index (χ4v) is 3.01. The molecule has 0 atom stereocenters. The third-order valence-electron chi connectivity index (χ3n) is 4.38. The van der Waals surface area contributed by atoms with Gasteiger partial charge in [0.05, 0.1) is 12.7 Å². The van der Waals surface area contributed by atoms with Crippen molar-refractivity contribution < 1.29 is 9.21 Å². The van der Waals surface area contributed by atoms with Crippen LogP contribution in [0.5, 0.6) is 0 Å². The Hall–Kier alpha value is -3.34. The lowest BCUT2D eigenvalue weighted by molar-refractivity contribution is 0.0924. The Bertz CT molecular complexity index is 1050. The molecule has 1 amide bonds. The minimum absolute atomic E-state index is 0.213. The van der Waals surface area contributed by atoms with Crippen molar-refractivity contribution in [3.05, 3.63) is 89.4 Å². The number of carbonyl (C=O) groups excluding carboxylic acids is 1. The number of aryl methyl sites for hydroxylation is 1. The molecule has 5 nitrogen and oxygen atoms in total. The van der Waals surface area contributed by atoms with E-state index in [-0.39, 0.29) is 5.91 Å². The van der Waals surface area contributed by atoms with Crippen LogP contribution in [0.25, 0.3) is 11.0 Å². The molecule has 2 heterocycles. The lowest BCUT2D eigenvalue weighted by Gasteiger charge is -2.02. The highest BCUT2D eigenvalue weighted by Gasteiger charge is 2.17. The van der Waals surface area contributed by atoms with Crippen LogP contribution in [0.4, 0.5) is 0 Å². The zero-order chi connectivity index (χ0) is 17.9. The number of amides is 1. The van der Waals surface area contributed by atoms with Crippen molar-refractivity contribution in [2.75, 3.05) is 0 Å². The van der Waals surface area contributed by atoms with E-state index in [9.17, 15) is 4.79 Å². The van der Waals surface area contributed by atoms with Gasteiger partial charge in [-0.3, -0.25) is 9.48 Å². The summed E-state index contributed by atoms with van der Waals surface area (Å²) in [6.07, 6.45) is 3.72. The number of furan rings is 1. The largest absolute Gasteiger partial charge is 0.451 e. The third kappa shape index (κ3) is 3.24. The Morgan fingerprint density at radius 2 is 1.85 bits per heavy atom. The normalized spacial score (nSPS) is 11.0. The molecule has 0 fully saturated rings. The van der Waals surface area contributed by atoms with Crippen LogP contribution in [0.2, 0.25) is 0 Å². The summed E-state index contributed by atoms with van der Waals surface area (Å²) >= 11 is 0. The zero-order valence-corrected chi connectivity index (χ0v) is 14.5. The number of hydrogen-bond donors (Lipinski definition) is 1. The maximum absolute atomic E-state index is 12.5. The molecule has 4 aromatic rings. The first-order valence-corrected chi connectivity index (χ1v) is 8.52. The molecular formula is C21H19N3O2. The van der Waals surface area contributed by atoms with Gasteiger partial charge in [0.15, 0.2) is 5.76 Å². The van der Waals surface area contributed by atoms with Crippen molar-refractivity contribution in [3.63, 3.8) is 0 Å².